The molecule has 0 spiro atoms. The minimum atomic E-state index is -0.287. The predicted molar refractivity (Wildman–Crippen MR) is 108 cm³/mol. The third-order valence-electron chi connectivity index (χ3n) is 3.79. The number of thiophene rings is 1. The van der Waals surface area contributed by atoms with Gasteiger partial charge in [-0.2, -0.15) is 0 Å². The van der Waals surface area contributed by atoms with Crippen molar-refractivity contribution in [2.45, 2.75) is 0 Å². The molecule has 0 saturated carbocycles. The summed E-state index contributed by atoms with van der Waals surface area (Å²) in [7, 11) is 0. The predicted octanol–water partition coefficient (Wildman–Crippen LogP) is 7.20. The number of nitrogens with one attached hydrogen (secondary N) is 1. The van der Waals surface area contributed by atoms with Crippen molar-refractivity contribution in [3.63, 3.8) is 0 Å². The lowest BCUT2D eigenvalue weighted by atomic mass is 10.1. The summed E-state index contributed by atoms with van der Waals surface area (Å²) in [4.78, 5) is 9.47. The van der Waals surface area contributed by atoms with Gasteiger partial charge in [0, 0.05) is 10.9 Å². The van der Waals surface area contributed by atoms with E-state index in [0.717, 1.165) is 21.3 Å². The number of aromatic nitrogens is 2. The number of hydrogen-bond acceptors (Lipinski definition) is 4. The molecule has 0 fully saturated rings. The number of benzene rings is 2. The van der Waals surface area contributed by atoms with Crippen LogP contribution in [-0.2, 0) is 0 Å². The molecule has 0 radical (unpaired) electrons. The molecular weight excluding hydrogens is 416 g/mol. The number of anilines is 2. The smallest absolute Gasteiger partial charge is 0.143 e. The van der Waals surface area contributed by atoms with Crippen molar-refractivity contribution < 1.29 is 4.39 Å². The summed E-state index contributed by atoms with van der Waals surface area (Å²) in [6.07, 6.45) is 1.47. The van der Waals surface area contributed by atoms with Gasteiger partial charge in [0.1, 0.15) is 22.8 Å². The third-order valence-corrected chi connectivity index (χ3v) is 5.71. The highest BCUT2D eigenvalue weighted by molar-refractivity contribution is 7.17. The summed E-state index contributed by atoms with van der Waals surface area (Å²) in [5.74, 6) is 0.293. The van der Waals surface area contributed by atoms with Crippen LogP contribution in [-0.4, -0.2) is 9.97 Å². The number of halogens is 4. The van der Waals surface area contributed by atoms with E-state index in [4.69, 9.17) is 34.8 Å². The van der Waals surface area contributed by atoms with E-state index >= 15 is 0 Å². The molecule has 2 aromatic heterocycles. The molecule has 4 aromatic rings. The van der Waals surface area contributed by atoms with Crippen molar-refractivity contribution in [2.75, 3.05) is 5.32 Å². The van der Waals surface area contributed by atoms with E-state index in [-0.39, 0.29) is 5.82 Å². The number of nitrogens with zero attached hydrogens (tertiary/aromatic N) is 2. The van der Waals surface area contributed by atoms with Crippen molar-refractivity contribution in [3.05, 3.63) is 69.0 Å². The molecule has 0 saturated heterocycles. The summed E-state index contributed by atoms with van der Waals surface area (Å²) < 4.78 is 13.3. The molecule has 2 aromatic carbocycles. The van der Waals surface area contributed by atoms with Crippen molar-refractivity contribution in [3.8, 4) is 11.1 Å². The second-order valence-corrected chi connectivity index (χ2v) is 7.51. The molecule has 0 amide bonds. The topological polar surface area (TPSA) is 37.8 Å². The molecule has 4 rings (SSSR count). The van der Waals surface area contributed by atoms with E-state index in [0.29, 0.717) is 26.6 Å². The second-order valence-electron chi connectivity index (χ2n) is 5.43. The highest BCUT2D eigenvalue weighted by atomic mass is 35.5. The Hall–Kier alpha value is -1.92. The second kappa shape index (κ2) is 7.00. The van der Waals surface area contributed by atoms with Crippen molar-refractivity contribution >= 4 is 67.9 Å². The fraction of sp³-hybridized carbons (Fsp3) is 0. The standard InChI is InChI=1S/C18H9Cl3FN3S/c19-12-5-14(21)15(6-13(12)20)25-17-16-11(7-26-18(16)24-8-23-17)9-1-3-10(22)4-2-9/h1-8H,(H,23,24,25). The highest BCUT2D eigenvalue weighted by Gasteiger charge is 2.15. The van der Waals surface area contributed by atoms with Crippen molar-refractivity contribution in [2.24, 2.45) is 0 Å². The van der Waals surface area contributed by atoms with Crippen LogP contribution in [0.15, 0.2) is 48.1 Å². The molecule has 26 heavy (non-hydrogen) atoms. The molecule has 3 nitrogen and oxygen atoms in total. The SMILES string of the molecule is Fc1ccc(-c2csc3ncnc(Nc4cc(Cl)c(Cl)cc4Cl)c23)cc1. The molecule has 0 bridgehead atoms. The molecule has 0 atom stereocenters. The Bertz CT molecular complexity index is 1110. The van der Waals surface area contributed by atoms with Gasteiger partial charge in [-0.1, -0.05) is 46.9 Å². The molecule has 2 heterocycles. The Morgan fingerprint density at radius 1 is 0.923 bits per heavy atom. The first-order valence-corrected chi connectivity index (χ1v) is 9.44. The van der Waals surface area contributed by atoms with Gasteiger partial charge in [-0.05, 0) is 29.8 Å². The molecule has 130 valence electrons. The summed E-state index contributed by atoms with van der Waals surface area (Å²) in [5.41, 5.74) is 2.36. The lowest BCUT2D eigenvalue weighted by Gasteiger charge is -2.11. The van der Waals surface area contributed by atoms with Gasteiger partial charge in [-0.25, -0.2) is 14.4 Å². The number of hydrogen-bond donors (Lipinski definition) is 1. The zero-order valence-electron chi connectivity index (χ0n) is 12.9. The largest absolute Gasteiger partial charge is 0.338 e. The van der Waals surface area contributed by atoms with Crippen LogP contribution in [0.25, 0.3) is 21.3 Å². The van der Waals surface area contributed by atoms with Gasteiger partial charge in [0.15, 0.2) is 0 Å². The number of rotatable bonds is 3. The van der Waals surface area contributed by atoms with Crippen LogP contribution >= 0.6 is 46.1 Å². The van der Waals surface area contributed by atoms with E-state index in [1.165, 1.54) is 29.8 Å². The van der Waals surface area contributed by atoms with Crippen LogP contribution in [0.1, 0.15) is 0 Å². The summed E-state index contributed by atoms with van der Waals surface area (Å²) in [5, 5.41) is 7.17. The summed E-state index contributed by atoms with van der Waals surface area (Å²) in [6, 6.07) is 9.50. The molecule has 0 aliphatic heterocycles. The lowest BCUT2D eigenvalue weighted by Crippen LogP contribution is -1.96. The maximum atomic E-state index is 13.3. The van der Waals surface area contributed by atoms with Crippen LogP contribution in [0.2, 0.25) is 15.1 Å². The van der Waals surface area contributed by atoms with E-state index in [1.54, 1.807) is 24.3 Å². The average Bonchev–Trinajstić information content (AvgIpc) is 3.05. The van der Waals surface area contributed by atoms with E-state index in [9.17, 15) is 4.39 Å². The number of fused-ring (bicyclic) bond motifs is 1. The van der Waals surface area contributed by atoms with Gasteiger partial charge >= 0.3 is 0 Å². The Kier molecular flexibility index (Phi) is 4.71. The fourth-order valence-electron chi connectivity index (χ4n) is 2.56. The van der Waals surface area contributed by atoms with Gasteiger partial charge in [-0.15, -0.1) is 11.3 Å². The minimum absolute atomic E-state index is 0.287. The van der Waals surface area contributed by atoms with Gasteiger partial charge in [0.2, 0.25) is 0 Å². The Labute approximate surface area is 167 Å². The van der Waals surface area contributed by atoms with Gasteiger partial charge in [0.25, 0.3) is 0 Å². The van der Waals surface area contributed by atoms with E-state index < -0.39 is 0 Å². The van der Waals surface area contributed by atoms with Crippen LogP contribution in [0, 0.1) is 5.82 Å². The fourth-order valence-corrected chi connectivity index (χ4v) is 4.07. The zero-order chi connectivity index (χ0) is 18.3. The molecule has 0 unspecified atom stereocenters. The molecule has 1 N–H and O–H groups in total. The van der Waals surface area contributed by atoms with E-state index in [1.807, 2.05) is 5.38 Å². The Morgan fingerprint density at radius 3 is 2.42 bits per heavy atom. The van der Waals surface area contributed by atoms with E-state index in [2.05, 4.69) is 15.3 Å². The average molecular weight is 425 g/mol. The highest BCUT2D eigenvalue weighted by Crippen LogP contribution is 2.39. The first-order valence-electron chi connectivity index (χ1n) is 7.42. The quantitative estimate of drug-likeness (QED) is 0.353. The van der Waals surface area contributed by atoms with Crippen LogP contribution in [0.4, 0.5) is 15.9 Å². The normalized spacial score (nSPS) is 11.1. The Balaban J connectivity index is 1.85. The zero-order valence-corrected chi connectivity index (χ0v) is 16.0. The van der Waals surface area contributed by atoms with Gasteiger partial charge in [0.05, 0.1) is 26.1 Å². The van der Waals surface area contributed by atoms with Crippen LogP contribution in [0.3, 0.4) is 0 Å². The Morgan fingerprint density at radius 2 is 1.65 bits per heavy atom. The van der Waals surface area contributed by atoms with Crippen LogP contribution < -0.4 is 5.32 Å². The first kappa shape index (κ1) is 17.5. The maximum Gasteiger partial charge on any atom is 0.143 e. The monoisotopic (exact) mass is 423 g/mol. The molecule has 8 heteroatoms. The summed E-state index contributed by atoms with van der Waals surface area (Å²) >= 11 is 19.8. The van der Waals surface area contributed by atoms with Crippen LogP contribution in [0.5, 0.6) is 0 Å². The molecular formula is C18H9Cl3FN3S. The summed E-state index contributed by atoms with van der Waals surface area (Å²) in [6.45, 7) is 0. The lowest BCUT2D eigenvalue weighted by molar-refractivity contribution is 0.628. The van der Waals surface area contributed by atoms with Crippen molar-refractivity contribution in [1.29, 1.82) is 0 Å². The van der Waals surface area contributed by atoms with Gasteiger partial charge < -0.3 is 5.32 Å². The van der Waals surface area contributed by atoms with Gasteiger partial charge in [-0.3, -0.25) is 0 Å². The first-order chi connectivity index (χ1) is 12.5. The minimum Gasteiger partial charge on any atom is -0.338 e. The third kappa shape index (κ3) is 3.23. The molecule has 0 aliphatic carbocycles. The molecule has 0 aliphatic rings. The van der Waals surface area contributed by atoms with Crippen molar-refractivity contribution in [1.82, 2.24) is 9.97 Å². The maximum absolute atomic E-state index is 13.3.